The molecule has 1 N–H and O–H groups in total. The van der Waals surface area contributed by atoms with E-state index in [1.54, 1.807) is 31.2 Å². The molecule has 0 heterocycles. The molecule has 0 aromatic heterocycles. The van der Waals surface area contributed by atoms with Crippen LogP contribution in [0.3, 0.4) is 0 Å². The smallest absolute Gasteiger partial charge is 0.343 e. The molecule has 4 heteroatoms. The first-order valence-corrected chi connectivity index (χ1v) is 5.11. The number of esters is 1. The van der Waals surface area contributed by atoms with Crippen molar-refractivity contribution in [3.63, 3.8) is 0 Å². The highest BCUT2D eigenvalue weighted by atomic mass is 19.1. The number of carbonyl (C=O) groups is 1. The van der Waals surface area contributed by atoms with E-state index in [1.807, 2.05) is 6.92 Å². The molecular formula is C12H15FO3. The minimum atomic E-state index is -2.04. The largest absolute Gasteiger partial charge is 0.464 e. The number of carbonyl (C=O) groups excluding carboxylic acids is 1. The molecule has 0 aliphatic heterocycles. The second-order valence-corrected chi connectivity index (χ2v) is 3.51. The van der Waals surface area contributed by atoms with E-state index < -0.39 is 18.2 Å². The number of aliphatic hydroxyl groups is 1. The van der Waals surface area contributed by atoms with E-state index in [4.69, 9.17) is 0 Å². The molecule has 3 nitrogen and oxygen atoms in total. The van der Waals surface area contributed by atoms with Gasteiger partial charge < -0.3 is 9.84 Å². The van der Waals surface area contributed by atoms with Crippen LogP contribution in [-0.4, -0.2) is 23.9 Å². The lowest BCUT2D eigenvalue weighted by Gasteiger charge is -2.14. The Kier molecular flexibility index (Phi) is 4.43. The quantitative estimate of drug-likeness (QED) is 0.798. The van der Waals surface area contributed by atoms with Crippen LogP contribution in [0.15, 0.2) is 24.3 Å². The maximum absolute atomic E-state index is 13.4. The van der Waals surface area contributed by atoms with Crippen LogP contribution in [0.5, 0.6) is 0 Å². The van der Waals surface area contributed by atoms with Crippen LogP contribution in [0, 0.1) is 6.92 Å². The van der Waals surface area contributed by atoms with Gasteiger partial charge in [0.25, 0.3) is 0 Å². The fourth-order valence-electron chi connectivity index (χ4n) is 1.28. The summed E-state index contributed by atoms with van der Waals surface area (Å²) in [5.74, 6) is -1.03. The highest BCUT2D eigenvalue weighted by molar-refractivity contribution is 5.75. The Morgan fingerprint density at radius 3 is 2.50 bits per heavy atom. The van der Waals surface area contributed by atoms with Crippen molar-refractivity contribution < 1.29 is 19.0 Å². The summed E-state index contributed by atoms with van der Waals surface area (Å²) in [5, 5.41) is 9.60. The first-order chi connectivity index (χ1) is 7.56. The molecule has 0 saturated carbocycles. The van der Waals surface area contributed by atoms with Crippen LogP contribution in [0.25, 0.3) is 0 Å². The van der Waals surface area contributed by atoms with Gasteiger partial charge in [0.1, 0.15) is 6.10 Å². The minimum Gasteiger partial charge on any atom is -0.464 e. The molecule has 0 amide bonds. The number of halogens is 1. The van der Waals surface area contributed by atoms with Crippen molar-refractivity contribution in [3.8, 4) is 0 Å². The van der Waals surface area contributed by atoms with Gasteiger partial charge in [-0.2, -0.15) is 0 Å². The third kappa shape index (κ3) is 3.03. The fourth-order valence-corrected chi connectivity index (χ4v) is 1.28. The SMILES string of the molecule is CCOC(=O)[C@H](F)[C@@H](O)c1ccc(C)cc1. The Labute approximate surface area is 93.9 Å². The second-order valence-electron chi connectivity index (χ2n) is 3.51. The van der Waals surface area contributed by atoms with Crippen LogP contribution in [0.2, 0.25) is 0 Å². The summed E-state index contributed by atoms with van der Waals surface area (Å²) in [7, 11) is 0. The van der Waals surface area contributed by atoms with Crippen molar-refractivity contribution in [2.75, 3.05) is 6.61 Å². The number of rotatable bonds is 4. The van der Waals surface area contributed by atoms with Gasteiger partial charge >= 0.3 is 5.97 Å². The van der Waals surface area contributed by atoms with Crippen molar-refractivity contribution in [3.05, 3.63) is 35.4 Å². The molecule has 0 spiro atoms. The second kappa shape index (κ2) is 5.61. The van der Waals surface area contributed by atoms with E-state index in [0.717, 1.165) is 5.56 Å². The van der Waals surface area contributed by atoms with E-state index in [9.17, 15) is 14.3 Å². The molecule has 0 aliphatic rings. The minimum absolute atomic E-state index is 0.0971. The third-order valence-corrected chi connectivity index (χ3v) is 2.21. The van der Waals surface area contributed by atoms with Gasteiger partial charge in [-0.3, -0.25) is 0 Å². The van der Waals surface area contributed by atoms with E-state index in [0.29, 0.717) is 5.56 Å². The standard InChI is InChI=1S/C12H15FO3/c1-3-16-12(15)10(13)11(14)9-6-4-8(2)5-7-9/h4-7,10-11,14H,3H2,1-2H3/t10-,11+/m1/s1. The molecule has 1 aromatic carbocycles. The normalized spacial score (nSPS) is 14.2. The molecule has 16 heavy (non-hydrogen) atoms. The Hall–Kier alpha value is -1.42. The molecule has 88 valence electrons. The molecule has 1 rings (SSSR count). The zero-order valence-electron chi connectivity index (χ0n) is 9.31. The maximum atomic E-state index is 13.4. The zero-order chi connectivity index (χ0) is 12.1. The first kappa shape index (κ1) is 12.6. The molecule has 0 radical (unpaired) electrons. The van der Waals surface area contributed by atoms with Gasteiger partial charge in [0.15, 0.2) is 0 Å². The Morgan fingerprint density at radius 2 is 2.00 bits per heavy atom. The zero-order valence-corrected chi connectivity index (χ0v) is 9.31. The molecular weight excluding hydrogens is 211 g/mol. The number of aliphatic hydroxyl groups excluding tert-OH is 1. The average Bonchev–Trinajstić information content (AvgIpc) is 2.28. The number of hydrogen-bond acceptors (Lipinski definition) is 3. The molecule has 0 fully saturated rings. The van der Waals surface area contributed by atoms with Crippen LogP contribution >= 0.6 is 0 Å². The lowest BCUT2D eigenvalue weighted by molar-refractivity contribution is -0.153. The molecule has 0 bridgehead atoms. The predicted molar refractivity (Wildman–Crippen MR) is 57.7 cm³/mol. The molecule has 0 saturated heterocycles. The van der Waals surface area contributed by atoms with Crippen molar-refractivity contribution in [2.24, 2.45) is 0 Å². The number of benzene rings is 1. The summed E-state index contributed by atoms with van der Waals surface area (Å²) in [6.07, 6.45) is -3.51. The van der Waals surface area contributed by atoms with Crippen molar-refractivity contribution >= 4 is 5.97 Å². The topological polar surface area (TPSA) is 46.5 Å². The van der Waals surface area contributed by atoms with Crippen molar-refractivity contribution in [2.45, 2.75) is 26.1 Å². The van der Waals surface area contributed by atoms with Crippen LogP contribution in [0.1, 0.15) is 24.2 Å². The van der Waals surface area contributed by atoms with Crippen LogP contribution in [0.4, 0.5) is 4.39 Å². The number of aryl methyl sites for hydroxylation is 1. The summed E-state index contributed by atoms with van der Waals surface area (Å²) < 4.78 is 17.9. The van der Waals surface area contributed by atoms with E-state index in [1.165, 1.54) is 0 Å². The van der Waals surface area contributed by atoms with Crippen molar-refractivity contribution in [1.82, 2.24) is 0 Å². The molecule has 0 aliphatic carbocycles. The van der Waals surface area contributed by atoms with E-state index in [-0.39, 0.29) is 6.61 Å². The van der Waals surface area contributed by atoms with Crippen molar-refractivity contribution in [1.29, 1.82) is 0 Å². The van der Waals surface area contributed by atoms with Crippen LogP contribution in [-0.2, 0) is 9.53 Å². The van der Waals surface area contributed by atoms with Gasteiger partial charge in [-0.15, -0.1) is 0 Å². The summed E-state index contributed by atoms with van der Waals surface area (Å²) in [5.41, 5.74) is 1.37. The Morgan fingerprint density at radius 1 is 1.44 bits per heavy atom. The molecule has 0 unspecified atom stereocenters. The van der Waals surface area contributed by atoms with Gasteiger partial charge in [-0.25, -0.2) is 9.18 Å². The Bertz CT molecular complexity index is 348. The monoisotopic (exact) mass is 226 g/mol. The lowest BCUT2D eigenvalue weighted by atomic mass is 10.0. The third-order valence-electron chi connectivity index (χ3n) is 2.21. The highest BCUT2D eigenvalue weighted by Gasteiger charge is 2.28. The van der Waals surface area contributed by atoms with Gasteiger partial charge in [0.2, 0.25) is 6.17 Å². The maximum Gasteiger partial charge on any atom is 0.343 e. The Balaban J connectivity index is 2.73. The van der Waals surface area contributed by atoms with Gasteiger partial charge in [-0.1, -0.05) is 29.8 Å². The number of ether oxygens (including phenoxy) is 1. The summed E-state index contributed by atoms with van der Waals surface area (Å²) >= 11 is 0. The van der Waals surface area contributed by atoms with E-state index in [2.05, 4.69) is 4.74 Å². The van der Waals surface area contributed by atoms with Crippen LogP contribution < -0.4 is 0 Å². The average molecular weight is 226 g/mol. The molecule has 2 atom stereocenters. The van der Waals surface area contributed by atoms with E-state index >= 15 is 0 Å². The highest BCUT2D eigenvalue weighted by Crippen LogP contribution is 2.20. The van der Waals surface area contributed by atoms with Gasteiger partial charge in [0, 0.05) is 0 Å². The first-order valence-electron chi connectivity index (χ1n) is 5.11. The number of hydrogen-bond donors (Lipinski definition) is 1. The fraction of sp³-hybridized carbons (Fsp3) is 0.417. The van der Waals surface area contributed by atoms with Gasteiger partial charge in [0.05, 0.1) is 6.61 Å². The van der Waals surface area contributed by atoms with Gasteiger partial charge in [-0.05, 0) is 19.4 Å². The lowest BCUT2D eigenvalue weighted by Crippen LogP contribution is -2.26. The summed E-state index contributed by atoms with van der Waals surface area (Å²) in [4.78, 5) is 11.1. The summed E-state index contributed by atoms with van der Waals surface area (Å²) in [6.45, 7) is 3.57. The molecule has 1 aromatic rings. The predicted octanol–water partition coefficient (Wildman–Crippen LogP) is 1.93. The summed E-state index contributed by atoms with van der Waals surface area (Å²) in [6, 6.07) is 6.67. The number of alkyl halides is 1.